The van der Waals surface area contributed by atoms with Gasteiger partial charge in [-0.05, 0) is 24.6 Å². The van der Waals surface area contributed by atoms with Crippen LogP contribution in [0.25, 0.3) is 0 Å². The topological polar surface area (TPSA) is 94.3 Å². The monoisotopic (exact) mass is 369 g/mol. The van der Waals surface area contributed by atoms with E-state index in [-0.39, 0.29) is 34.3 Å². The number of benzene rings is 1. The van der Waals surface area contributed by atoms with E-state index in [2.05, 4.69) is 15.9 Å². The van der Waals surface area contributed by atoms with Crippen molar-refractivity contribution in [3.8, 4) is 0 Å². The molecule has 0 atom stereocenters. The van der Waals surface area contributed by atoms with Gasteiger partial charge in [0, 0.05) is 10.2 Å². The van der Waals surface area contributed by atoms with Gasteiger partial charge in [-0.15, -0.1) is 0 Å². The minimum Gasteiger partial charge on any atom is -0.398 e. The van der Waals surface area contributed by atoms with Gasteiger partial charge in [0.1, 0.15) is 9.84 Å². The lowest BCUT2D eigenvalue weighted by atomic mass is 10.3. The Labute approximate surface area is 122 Å². The SMILES string of the molecule is CCS(=O)(=O)CCCS(=O)(=O)c1cc(Br)ccc1N. The highest BCUT2D eigenvalue weighted by molar-refractivity contribution is 9.10. The van der Waals surface area contributed by atoms with E-state index >= 15 is 0 Å². The molecule has 0 fully saturated rings. The van der Waals surface area contributed by atoms with Crippen LogP contribution in [0.15, 0.2) is 27.6 Å². The number of halogens is 1. The molecule has 1 aromatic rings. The van der Waals surface area contributed by atoms with E-state index in [4.69, 9.17) is 5.73 Å². The largest absolute Gasteiger partial charge is 0.398 e. The molecule has 0 saturated heterocycles. The third-order valence-corrected chi connectivity index (χ3v) is 6.75. The molecule has 2 N–H and O–H groups in total. The fourth-order valence-electron chi connectivity index (χ4n) is 1.50. The second-order valence-corrected chi connectivity index (χ2v) is 9.56. The Bertz CT molecular complexity index is 653. The summed E-state index contributed by atoms with van der Waals surface area (Å²) in [4.78, 5) is 0.0378. The van der Waals surface area contributed by atoms with Crippen LogP contribution < -0.4 is 5.73 Å². The summed E-state index contributed by atoms with van der Waals surface area (Å²) in [6, 6.07) is 4.58. The van der Waals surface area contributed by atoms with Gasteiger partial charge in [0.05, 0.1) is 22.1 Å². The van der Waals surface area contributed by atoms with E-state index < -0.39 is 19.7 Å². The van der Waals surface area contributed by atoms with Crippen molar-refractivity contribution in [2.45, 2.75) is 18.2 Å². The summed E-state index contributed by atoms with van der Waals surface area (Å²) in [5, 5.41) is 0. The number of rotatable bonds is 6. The van der Waals surface area contributed by atoms with E-state index in [1.807, 2.05) is 0 Å². The normalized spacial score (nSPS) is 12.5. The quantitative estimate of drug-likeness (QED) is 0.768. The number of hydrogen-bond acceptors (Lipinski definition) is 5. The average molecular weight is 370 g/mol. The molecule has 0 aliphatic rings. The van der Waals surface area contributed by atoms with E-state index in [9.17, 15) is 16.8 Å². The molecule has 1 aromatic carbocycles. The molecular formula is C11H16BrNO4S2. The first-order valence-corrected chi connectivity index (χ1v) is 9.93. The maximum absolute atomic E-state index is 12.1. The molecule has 8 heteroatoms. The summed E-state index contributed by atoms with van der Waals surface area (Å²) >= 11 is 3.18. The molecule has 0 aliphatic carbocycles. The first kappa shape index (κ1) is 16.5. The average Bonchev–Trinajstić information content (AvgIpc) is 2.31. The van der Waals surface area contributed by atoms with Crippen LogP contribution in [0.2, 0.25) is 0 Å². The Hall–Kier alpha value is -0.600. The lowest BCUT2D eigenvalue weighted by Crippen LogP contribution is -2.15. The molecule has 5 nitrogen and oxygen atoms in total. The maximum Gasteiger partial charge on any atom is 0.180 e. The van der Waals surface area contributed by atoms with Crippen LogP contribution in [-0.4, -0.2) is 34.1 Å². The molecule has 0 aromatic heterocycles. The Kier molecular flexibility index (Phi) is 5.40. The molecule has 0 amide bonds. The highest BCUT2D eigenvalue weighted by Gasteiger charge is 2.19. The third kappa shape index (κ3) is 4.77. The van der Waals surface area contributed by atoms with Gasteiger partial charge in [-0.1, -0.05) is 22.9 Å². The Balaban J connectivity index is 2.85. The van der Waals surface area contributed by atoms with Crippen molar-refractivity contribution in [1.82, 2.24) is 0 Å². The lowest BCUT2D eigenvalue weighted by molar-refractivity contribution is 0.590. The standard InChI is InChI=1S/C11H16BrNO4S2/c1-2-18(14,15)6-3-7-19(16,17)11-8-9(12)4-5-10(11)13/h4-5,8H,2-3,6-7,13H2,1H3. The molecule has 0 bridgehead atoms. The fourth-order valence-corrected chi connectivity index (χ4v) is 4.55. The Morgan fingerprint density at radius 3 is 2.37 bits per heavy atom. The summed E-state index contributed by atoms with van der Waals surface area (Å²) < 4.78 is 47.4. The summed E-state index contributed by atoms with van der Waals surface area (Å²) in [5.74, 6) is -0.338. The van der Waals surface area contributed by atoms with Crippen molar-refractivity contribution in [3.63, 3.8) is 0 Å². The fraction of sp³-hybridized carbons (Fsp3) is 0.455. The molecule has 1 rings (SSSR count). The summed E-state index contributed by atoms with van der Waals surface area (Å²) in [6.07, 6.45) is 0.0739. The van der Waals surface area contributed by atoms with Gasteiger partial charge in [0.2, 0.25) is 0 Å². The van der Waals surface area contributed by atoms with Crippen LogP contribution >= 0.6 is 15.9 Å². The number of hydrogen-bond donors (Lipinski definition) is 1. The van der Waals surface area contributed by atoms with E-state index in [0.29, 0.717) is 4.47 Å². The van der Waals surface area contributed by atoms with Gasteiger partial charge in [-0.2, -0.15) is 0 Å². The minimum atomic E-state index is -3.56. The van der Waals surface area contributed by atoms with E-state index in [0.717, 1.165) is 0 Å². The van der Waals surface area contributed by atoms with Gasteiger partial charge in [-0.25, -0.2) is 16.8 Å². The van der Waals surface area contributed by atoms with Gasteiger partial charge >= 0.3 is 0 Å². The number of anilines is 1. The van der Waals surface area contributed by atoms with Crippen LogP contribution in [0.3, 0.4) is 0 Å². The highest BCUT2D eigenvalue weighted by Crippen LogP contribution is 2.24. The number of nitrogen functional groups attached to an aromatic ring is 1. The van der Waals surface area contributed by atoms with E-state index in [1.54, 1.807) is 6.07 Å². The number of sulfone groups is 2. The molecule has 19 heavy (non-hydrogen) atoms. The van der Waals surface area contributed by atoms with Crippen molar-refractivity contribution < 1.29 is 16.8 Å². The van der Waals surface area contributed by atoms with Crippen molar-refractivity contribution >= 4 is 41.3 Å². The van der Waals surface area contributed by atoms with Crippen LogP contribution in [0.4, 0.5) is 5.69 Å². The smallest absolute Gasteiger partial charge is 0.180 e. The predicted octanol–water partition coefficient (Wildman–Crippen LogP) is 1.63. The maximum atomic E-state index is 12.1. The van der Waals surface area contributed by atoms with Gasteiger partial charge in [0.25, 0.3) is 0 Å². The highest BCUT2D eigenvalue weighted by atomic mass is 79.9. The Morgan fingerprint density at radius 2 is 1.79 bits per heavy atom. The second kappa shape index (κ2) is 6.23. The summed E-state index contributed by atoms with van der Waals surface area (Å²) in [7, 11) is -6.71. The molecule has 0 radical (unpaired) electrons. The molecule has 0 aliphatic heterocycles. The molecule has 0 unspecified atom stereocenters. The molecule has 108 valence electrons. The van der Waals surface area contributed by atoms with Crippen LogP contribution in [0, 0.1) is 0 Å². The van der Waals surface area contributed by atoms with Gasteiger partial charge < -0.3 is 5.73 Å². The molecule has 0 spiro atoms. The minimum absolute atomic E-state index is 0.0199. The van der Waals surface area contributed by atoms with Crippen LogP contribution in [0.1, 0.15) is 13.3 Å². The van der Waals surface area contributed by atoms with Crippen molar-refractivity contribution in [1.29, 1.82) is 0 Å². The summed E-state index contributed by atoms with van der Waals surface area (Å²) in [6.45, 7) is 1.54. The first-order chi connectivity index (χ1) is 8.68. The van der Waals surface area contributed by atoms with Crippen LogP contribution in [0.5, 0.6) is 0 Å². The van der Waals surface area contributed by atoms with E-state index in [1.165, 1.54) is 19.1 Å². The molecular weight excluding hydrogens is 354 g/mol. The van der Waals surface area contributed by atoms with Crippen molar-refractivity contribution in [2.75, 3.05) is 23.0 Å². The van der Waals surface area contributed by atoms with Gasteiger partial charge in [-0.3, -0.25) is 0 Å². The Morgan fingerprint density at radius 1 is 1.16 bits per heavy atom. The zero-order valence-electron chi connectivity index (χ0n) is 10.5. The van der Waals surface area contributed by atoms with Crippen LogP contribution in [-0.2, 0) is 19.7 Å². The predicted molar refractivity (Wildman–Crippen MR) is 79.6 cm³/mol. The third-order valence-electron chi connectivity index (χ3n) is 2.62. The summed E-state index contributed by atoms with van der Waals surface area (Å²) in [5.41, 5.74) is 5.81. The molecule has 0 saturated carbocycles. The van der Waals surface area contributed by atoms with Crippen molar-refractivity contribution in [2.24, 2.45) is 0 Å². The second-order valence-electron chi connectivity index (χ2n) is 4.09. The molecule has 0 heterocycles. The van der Waals surface area contributed by atoms with Crippen molar-refractivity contribution in [3.05, 3.63) is 22.7 Å². The zero-order valence-corrected chi connectivity index (χ0v) is 13.7. The zero-order chi connectivity index (χ0) is 14.7. The lowest BCUT2D eigenvalue weighted by Gasteiger charge is -2.08. The number of nitrogens with two attached hydrogens (primary N) is 1. The van der Waals surface area contributed by atoms with Gasteiger partial charge in [0.15, 0.2) is 9.84 Å². The first-order valence-electron chi connectivity index (χ1n) is 5.66.